The SMILES string of the molecule is CC(C)C1NC(=O)C(C)N(C(C)c2cccc(F)c2)C1=O. The Kier molecular flexibility index (Phi) is 4.30. The van der Waals surface area contributed by atoms with Gasteiger partial charge >= 0.3 is 0 Å². The van der Waals surface area contributed by atoms with E-state index in [0.29, 0.717) is 5.56 Å². The fourth-order valence-corrected chi connectivity index (χ4v) is 2.72. The summed E-state index contributed by atoms with van der Waals surface area (Å²) in [5.74, 6) is -0.622. The Morgan fingerprint density at radius 1 is 1.24 bits per heavy atom. The summed E-state index contributed by atoms with van der Waals surface area (Å²) < 4.78 is 13.4. The van der Waals surface area contributed by atoms with Gasteiger partial charge in [-0.1, -0.05) is 26.0 Å². The molecule has 0 aliphatic carbocycles. The lowest BCUT2D eigenvalue weighted by atomic mass is 9.95. The van der Waals surface area contributed by atoms with Crippen molar-refractivity contribution in [2.24, 2.45) is 5.92 Å². The van der Waals surface area contributed by atoms with E-state index in [4.69, 9.17) is 0 Å². The number of rotatable bonds is 3. The quantitative estimate of drug-likeness (QED) is 0.929. The number of nitrogens with one attached hydrogen (secondary N) is 1. The van der Waals surface area contributed by atoms with Crippen LogP contribution < -0.4 is 5.32 Å². The number of nitrogens with zero attached hydrogens (tertiary/aromatic N) is 1. The number of carbonyl (C=O) groups is 2. The third-order valence-corrected chi connectivity index (χ3v) is 4.03. The van der Waals surface area contributed by atoms with Crippen molar-refractivity contribution in [3.05, 3.63) is 35.6 Å². The summed E-state index contributed by atoms with van der Waals surface area (Å²) in [5.41, 5.74) is 0.687. The zero-order valence-electron chi connectivity index (χ0n) is 12.8. The molecule has 4 nitrogen and oxygen atoms in total. The van der Waals surface area contributed by atoms with Gasteiger partial charge in [0, 0.05) is 0 Å². The zero-order valence-corrected chi connectivity index (χ0v) is 12.8. The van der Waals surface area contributed by atoms with E-state index in [9.17, 15) is 14.0 Å². The van der Waals surface area contributed by atoms with Gasteiger partial charge in [-0.05, 0) is 37.5 Å². The average molecular weight is 292 g/mol. The van der Waals surface area contributed by atoms with E-state index in [1.807, 2.05) is 20.8 Å². The molecule has 0 aromatic heterocycles. The van der Waals surface area contributed by atoms with Gasteiger partial charge in [-0.3, -0.25) is 9.59 Å². The van der Waals surface area contributed by atoms with Gasteiger partial charge in [-0.25, -0.2) is 4.39 Å². The maximum Gasteiger partial charge on any atom is 0.246 e. The number of hydrogen-bond donors (Lipinski definition) is 1. The highest BCUT2D eigenvalue weighted by Crippen LogP contribution is 2.27. The molecule has 1 saturated heterocycles. The maximum atomic E-state index is 13.4. The second-order valence-electron chi connectivity index (χ2n) is 5.88. The van der Waals surface area contributed by atoms with Crippen LogP contribution in [0.15, 0.2) is 24.3 Å². The van der Waals surface area contributed by atoms with Gasteiger partial charge < -0.3 is 10.2 Å². The van der Waals surface area contributed by atoms with Crippen LogP contribution >= 0.6 is 0 Å². The Morgan fingerprint density at radius 3 is 2.48 bits per heavy atom. The van der Waals surface area contributed by atoms with Crippen LogP contribution in [0, 0.1) is 11.7 Å². The highest BCUT2D eigenvalue weighted by Gasteiger charge is 2.41. The Hall–Kier alpha value is -1.91. The summed E-state index contributed by atoms with van der Waals surface area (Å²) in [6.07, 6.45) is 0. The van der Waals surface area contributed by atoms with Crippen LogP contribution in [0.1, 0.15) is 39.3 Å². The predicted molar refractivity (Wildman–Crippen MR) is 77.9 cm³/mol. The number of amides is 2. The van der Waals surface area contributed by atoms with Crippen molar-refractivity contribution in [1.82, 2.24) is 10.2 Å². The molecule has 1 N–H and O–H groups in total. The molecule has 2 amide bonds. The summed E-state index contributed by atoms with van der Waals surface area (Å²) >= 11 is 0. The molecule has 5 heteroatoms. The molecular weight excluding hydrogens is 271 g/mol. The molecule has 3 unspecified atom stereocenters. The van der Waals surface area contributed by atoms with Gasteiger partial charge in [0.15, 0.2) is 0 Å². The van der Waals surface area contributed by atoms with E-state index in [1.54, 1.807) is 24.0 Å². The molecule has 0 radical (unpaired) electrons. The first-order valence-electron chi connectivity index (χ1n) is 7.21. The molecule has 21 heavy (non-hydrogen) atoms. The zero-order chi connectivity index (χ0) is 15.7. The van der Waals surface area contributed by atoms with Crippen molar-refractivity contribution in [1.29, 1.82) is 0 Å². The Bertz CT molecular complexity index is 559. The molecule has 114 valence electrons. The maximum absolute atomic E-state index is 13.4. The van der Waals surface area contributed by atoms with E-state index in [-0.39, 0.29) is 29.6 Å². The number of piperazine rings is 1. The lowest BCUT2D eigenvalue weighted by molar-refractivity contribution is -0.152. The van der Waals surface area contributed by atoms with Crippen LogP contribution in [-0.4, -0.2) is 28.8 Å². The van der Waals surface area contributed by atoms with Crippen molar-refractivity contribution in [3.63, 3.8) is 0 Å². The van der Waals surface area contributed by atoms with Gasteiger partial charge in [0.2, 0.25) is 11.8 Å². The molecule has 1 aromatic rings. The predicted octanol–water partition coefficient (Wildman–Crippen LogP) is 2.26. The largest absolute Gasteiger partial charge is 0.342 e. The van der Waals surface area contributed by atoms with E-state index < -0.39 is 12.1 Å². The fraction of sp³-hybridized carbons (Fsp3) is 0.500. The van der Waals surface area contributed by atoms with E-state index in [2.05, 4.69) is 5.32 Å². The Morgan fingerprint density at radius 2 is 1.90 bits per heavy atom. The third kappa shape index (κ3) is 2.91. The third-order valence-electron chi connectivity index (χ3n) is 4.03. The topological polar surface area (TPSA) is 49.4 Å². The summed E-state index contributed by atoms with van der Waals surface area (Å²) in [4.78, 5) is 26.3. The van der Waals surface area contributed by atoms with E-state index in [1.165, 1.54) is 12.1 Å². The van der Waals surface area contributed by atoms with Crippen molar-refractivity contribution in [2.45, 2.75) is 45.8 Å². The minimum Gasteiger partial charge on any atom is -0.342 e. The first-order valence-corrected chi connectivity index (χ1v) is 7.21. The minimum absolute atomic E-state index is 0.0103. The van der Waals surface area contributed by atoms with Gasteiger partial charge in [0.1, 0.15) is 17.9 Å². The normalized spacial score (nSPS) is 24.2. The highest BCUT2D eigenvalue weighted by molar-refractivity contribution is 5.97. The number of carbonyl (C=O) groups excluding carboxylic acids is 2. The second-order valence-corrected chi connectivity index (χ2v) is 5.88. The molecule has 2 rings (SSSR count). The van der Waals surface area contributed by atoms with Gasteiger partial charge in [-0.15, -0.1) is 0 Å². The molecule has 1 aliphatic rings. The molecule has 1 aliphatic heterocycles. The highest BCUT2D eigenvalue weighted by atomic mass is 19.1. The van der Waals surface area contributed by atoms with Crippen LogP contribution in [0.4, 0.5) is 4.39 Å². The lowest BCUT2D eigenvalue weighted by Crippen LogP contribution is -2.64. The molecule has 0 saturated carbocycles. The Balaban J connectivity index is 2.34. The van der Waals surface area contributed by atoms with Crippen LogP contribution in [0.2, 0.25) is 0 Å². The van der Waals surface area contributed by atoms with E-state index >= 15 is 0 Å². The van der Waals surface area contributed by atoms with Crippen LogP contribution in [0.3, 0.4) is 0 Å². The van der Waals surface area contributed by atoms with Crippen molar-refractivity contribution < 1.29 is 14.0 Å². The first-order chi connectivity index (χ1) is 9.82. The summed E-state index contributed by atoms with van der Waals surface area (Å²) in [6, 6.07) is 4.71. The van der Waals surface area contributed by atoms with Gasteiger partial charge in [-0.2, -0.15) is 0 Å². The molecule has 3 atom stereocenters. The van der Waals surface area contributed by atoms with Gasteiger partial charge in [0.05, 0.1) is 6.04 Å². The molecular formula is C16H21FN2O2. The summed E-state index contributed by atoms with van der Waals surface area (Å²) in [5, 5.41) is 2.76. The van der Waals surface area contributed by atoms with Crippen molar-refractivity contribution in [2.75, 3.05) is 0 Å². The molecule has 0 spiro atoms. The molecule has 1 heterocycles. The number of hydrogen-bond acceptors (Lipinski definition) is 2. The molecule has 1 aromatic carbocycles. The monoisotopic (exact) mass is 292 g/mol. The average Bonchev–Trinajstić information content (AvgIpc) is 2.42. The van der Waals surface area contributed by atoms with E-state index in [0.717, 1.165) is 0 Å². The fourth-order valence-electron chi connectivity index (χ4n) is 2.72. The first kappa shape index (κ1) is 15.5. The Labute approximate surface area is 124 Å². The minimum atomic E-state index is -0.564. The lowest BCUT2D eigenvalue weighted by Gasteiger charge is -2.42. The summed E-state index contributed by atoms with van der Waals surface area (Å²) in [7, 11) is 0. The summed E-state index contributed by atoms with van der Waals surface area (Å²) in [6.45, 7) is 7.30. The standard InChI is InChI=1S/C16H21FN2O2/c1-9(2)14-16(21)19(11(4)15(20)18-14)10(3)12-6-5-7-13(17)8-12/h5-11,14H,1-4H3,(H,18,20). The van der Waals surface area contributed by atoms with Crippen LogP contribution in [0.5, 0.6) is 0 Å². The number of halogens is 1. The van der Waals surface area contributed by atoms with Crippen LogP contribution in [0.25, 0.3) is 0 Å². The molecule has 0 bridgehead atoms. The van der Waals surface area contributed by atoms with Crippen molar-refractivity contribution >= 4 is 11.8 Å². The number of benzene rings is 1. The molecule has 1 fully saturated rings. The van der Waals surface area contributed by atoms with Gasteiger partial charge in [0.25, 0.3) is 0 Å². The van der Waals surface area contributed by atoms with Crippen molar-refractivity contribution in [3.8, 4) is 0 Å². The van der Waals surface area contributed by atoms with Crippen LogP contribution in [-0.2, 0) is 9.59 Å². The second kappa shape index (κ2) is 5.84. The smallest absolute Gasteiger partial charge is 0.246 e.